The molecule has 4 heteroatoms. The topological polar surface area (TPSA) is 27.1 Å². The van der Waals surface area contributed by atoms with E-state index >= 15 is 0 Å². The average Bonchev–Trinajstić information content (AvgIpc) is 2.76. The number of aryl methyl sites for hydroxylation is 1. The van der Waals surface area contributed by atoms with Gasteiger partial charge in [-0.25, -0.2) is 0 Å². The van der Waals surface area contributed by atoms with Gasteiger partial charge in [0.25, 0.3) is 0 Å². The molecule has 0 unspecified atom stereocenters. The molecule has 96 valence electrons. The Morgan fingerprint density at radius 1 is 1.26 bits per heavy atom. The quantitative estimate of drug-likeness (QED) is 0.732. The highest BCUT2D eigenvalue weighted by molar-refractivity contribution is 9.10. The molecular formula is C15H13BrN2O. The van der Waals surface area contributed by atoms with Crippen LogP contribution in [0.3, 0.4) is 0 Å². The highest BCUT2D eigenvalue weighted by Crippen LogP contribution is 2.29. The van der Waals surface area contributed by atoms with Gasteiger partial charge in [-0.05, 0) is 24.3 Å². The van der Waals surface area contributed by atoms with Gasteiger partial charge in [-0.3, -0.25) is 4.98 Å². The fourth-order valence-electron chi connectivity index (χ4n) is 2.20. The second kappa shape index (κ2) is 5.05. The smallest absolute Gasteiger partial charge is 0.138 e. The van der Waals surface area contributed by atoms with Crippen LogP contribution in [0.2, 0.25) is 0 Å². The number of nitrogens with zero attached hydrogens (tertiary/aromatic N) is 2. The maximum atomic E-state index is 5.77. The first-order valence-corrected chi connectivity index (χ1v) is 6.80. The van der Waals surface area contributed by atoms with Crippen LogP contribution in [0.5, 0.6) is 5.75 Å². The molecule has 0 aliphatic heterocycles. The zero-order chi connectivity index (χ0) is 13.2. The van der Waals surface area contributed by atoms with Crippen LogP contribution < -0.4 is 4.74 Å². The number of ether oxygens (including phenoxy) is 1. The number of hydrogen-bond donors (Lipinski definition) is 0. The standard InChI is InChI=1S/C15H13BrN2O/c1-18-9-11(10-19-12-4-3-7-17-8-12)15-13(16)5-2-6-14(15)18/h2-9H,10H2,1H3. The van der Waals surface area contributed by atoms with Crippen molar-refractivity contribution >= 4 is 26.8 Å². The molecule has 2 heterocycles. The van der Waals surface area contributed by atoms with E-state index in [4.69, 9.17) is 4.74 Å². The Morgan fingerprint density at radius 2 is 2.16 bits per heavy atom. The van der Waals surface area contributed by atoms with Crippen LogP contribution in [0.1, 0.15) is 5.56 Å². The lowest BCUT2D eigenvalue weighted by molar-refractivity contribution is 0.306. The summed E-state index contributed by atoms with van der Waals surface area (Å²) in [7, 11) is 2.04. The van der Waals surface area contributed by atoms with Gasteiger partial charge in [0.1, 0.15) is 12.4 Å². The molecule has 3 rings (SSSR count). The summed E-state index contributed by atoms with van der Waals surface area (Å²) in [4.78, 5) is 4.04. The number of pyridine rings is 1. The third-order valence-corrected chi connectivity index (χ3v) is 3.73. The fraction of sp³-hybridized carbons (Fsp3) is 0.133. The molecule has 0 fully saturated rings. The predicted octanol–water partition coefficient (Wildman–Crippen LogP) is 3.91. The molecule has 0 N–H and O–H groups in total. The third kappa shape index (κ3) is 2.36. The molecule has 0 saturated carbocycles. The first-order chi connectivity index (χ1) is 9.25. The molecule has 0 aliphatic rings. The van der Waals surface area contributed by atoms with Crippen molar-refractivity contribution in [3.05, 3.63) is 59.0 Å². The summed E-state index contributed by atoms with van der Waals surface area (Å²) in [5, 5.41) is 1.20. The van der Waals surface area contributed by atoms with Gasteiger partial charge in [-0.15, -0.1) is 0 Å². The monoisotopic (exact) mass is 316 g/mol. The Kier molecular flexibility index (Phi) is 3.25. The summed E-state index contributed by atoms with van der Waals surface area (Å²) in [6.07, 6.45) is 5.56. The van der Waals surface area contributed by atoms with Crippen LogP contribution in [0, 0.1) is 0 Å². The molecule has 19 heavy (non-hydrogen) atoms. The lowest BCUT2D eigenvalue weighted by atomic mass is 10.2. The minimum Gasteiger partial charge on any atom is -0.487 e. The van der Waals surface area contributed by atoms with Gasteiger partial charge in [-0.2, -0.15) is 0 Å². The van der Waals surface area contributed by atoms with Crippen LogP contribution in [0.15, 0.2) is 53.4 Å². The van der Waals surface area contributed by atoms with E-state index < -0.39 is 0 Å². The van der Waals surface area contributed by atoms with Crippen molar-refractivity contribution in [1.82, 2.24) is 9.55 Å². The Morgan fingerprint density at radius 3 is 2.95 bits per heavy atom. The van der Waals surface area contributed by atoms with E-state index in [1.54, 1.807) is 12.4 Å². The van der Waals surface area contributed by atoms with Crippen molar-refractivity contribution < 1.29 is 4.74 Å². The third-order valence-electron chi connectivity index (χ3n) is 3.07. The minimum absolute atomic E-state index is 0.533. The molecule has 0 atom stereocenters. The molecule has 0 saturated heterocycles. The van der Waals surface area contributed by atoms with E-state index in [1.807, 2.05) is 25.2 Å². The van der Waals surface area contributed by atoms with Crippen molar-refractivity contribution in [3.63, 3.8) is 0 Å². The summed E-state index contributed by atoms with van der Waals surface area (Å²) in [6, 6.07) is 9.98. The Hall–Kier alpha value is -1.81. The van der Waals surface area contributed by atoms with Gasteiger partial charge in [0, 0.05) is 40.4 Å². The van der Waals surface area contributed by atoms with E-state index in [0.717, 1.165) is 15.8 Å². The van der Waals surface area contributed by atoms with Crippen LogP contribution in [-0.2, 0) is 13.7 Å². The SMILES string of the molecule is Cn1cc(COc2cccnc2)c2c(Br)cccc21. The van der Waals surface area contributed by atoms with Gasteiger partial charge in [0.05, 0.1) is 6.20 Å². The minimum atomic E-state index is 0.533. The zero-order valence-corrected chi connectivity index (χ0v) is 12.1. The predicted molar refractivity (Wildman–Crippen MR) is 79.2 cm³/mol. The van der Waals surface area contributed by atoms with Crippen molar-refractivity contribution in [2.45, 2.75) is 6.61 Å². The lowest BCUT2D eigenvalue weighted by Crippen LogP contribution is -1.95. The molecule has 3 aromatic rings. The number of fused-ring (bicyclic) bond motifs is 1. The van der Waals surface area contributed by atoms with Gasteiger partial charge in [-0.1, -0.05) is 22.0 Å². The largest absolute Gasteiger partial charge is 0.487 e. The average molecular weight is 317 g/mol. The molecular weight excluding hydrogens is 304 g/mol. The lowest BCUT2D eigenvalue weighted by Gasteiger charge is -2.05. The summed E-state index contributed by atoms with van der Waals surface area (Å²) in [6.45, 7) is 0.533. The van der Waals surface area contributed by atoms with Crippen LogP contribution in [-0.4, -0.2) is 9.55 Å². The number of aromatic nitrogens is 2. The number of benzene rings is 1. The first kappa shape index (κ1) is 12.2. The molecule has 1 aromatic carbocycles. The van der Waals surface area contributed by atoms with Crippen molar-refractivity contribution in [1.29, 1.82) is 0 Å². The fourth-order valence-corrected chi connectivity index (χ4v) is 2.81. The maximum Gasteiger partial charge on any atom is 0.138 e. The Labute approximate surface area is 120 Å². The maximum absolute atomic E-state index is 5.77. The number of rotatable bonds is 3. The van der Waals surface area contributed by atoms with Crippen molar-refractivity contribution in [2.24, 2.45) is 7.05 Å². The number of hydrogen-bond acceptors (Lipinski definition) is 2. The molecule has 0 spiro atoms. The van der Waals surface area contributed by atoms with Crippen LogP contribution >= 0.6 is 15.9 Å². The van der Waals surface area contributed by atoms with Gasteiger partial charge in [0.2, 0.25) is 0 Å². The van der Waals surface area contributed by atoms with E-state index in [1.165, 1.54) is 10.9 Å². The molecule has 0 radical (unpaired) electrons. The van der Waals surface area contributed by atoms with Crippen LogP contribution in [0.25, 0.3) is 10.9 Å². The van der Waals surface area contributed by atoms with Crippen LogP contribution in [0.4, 0.5) is 0 Å². The van der Waals surface area contributed by atoms with E-state index in [2.05, 4.69) is 43.8 Å². The molecule has 3 nitrogen and oxygen atoms in total. The normalized spacial score (nSPS) is 10.8. The van der Waals surface area contributed by atoms with Gasteiger partial charge >= 0.3 is 0 Å². The highest BCUT2D eigenvalue weighted by Gasteiger charge is 2.10. The second-order valence-corrected chi connectivity index (χ2v) is 5.23. The molecule has 0 bridgehead atoms. The van der Waals surface area contributed by atoms with Gasteiger partial charge < -0.3 is 9.30 Å². The summed E-state index contributed by atoms with van der Waals surface area (Å²) < 4.78 is 8.98. The molecule has 0 aliphatic carbocycles. The summed E-state index contributed by atoms with van der Waals surface area (Å²) in [5.41, 5.74) is 2.35. The van der Waals surface area contributed by atoms with Crippen molar-refractivity contribution in [3.8, 4) is 5.75 Å². The second-order valence-electron chi connectivity index (χ2n) is 4.38. The number of halogens is 1. The first-order valence-electron chi connectivity index (χ1n) is 6.01. The highest BCUT2D eigenvalue weighted by atomic mass is 79.9. The Bertz CT molecular complexity index is 707. The van der Waals surface area contributed by atoms with E-state index in [-0.39, 0.29) is 0 Å². The van der Waals surface area contributed by atoms with Crippen molar-refractivity contribution in [2.75, 3.05) is 0 Å². The Balaban J connectivity index is 1.93. The zero-order valence-electron chi connectivity index (χ0n) is 10.5. The summed E-state index contributed by atoms with van der Waals surface area (Å²) in [5.74, 6) is 0.784. The molecule has 0 amide bonds. The van der Waals surface area contributed by atoms with Gasteiger partial charge in [0.15, 0.2) is 0 Å². The van der Waals surface area contributed by atoms with E-state index in [0.29, 0.717) is 6.61 Å². The summed E-state index contributed by atoms with van der Waals surface area (Å²) >= 11 is 3.61. The van der Waals surface area contributed by atoms with E-state index in [9.17, 15) is 0 Å². The molecule has 2 aromatic heterocycles.